The molecule has 0 atom stereocenters. The predicted molar refractivity (Wildman–Crippen MR) is 70.5 cm³/mol. The summed E-state index contributed by atoms with van der Waals surface area (Å²) in [5.41, 5.74) is 1.02. The first-order valence-electron chi connectivity index (χ1n) is 5.98. The number of nitriles is 1. The van der Waals surface area contributed by atoms with Crippen LogP contribution in [0.15, 0.2) is 47.1 Å². The summed E-state index contributed by atoms with van der Waals surface area (Å²) in [5.74, 6) is 0.758. The van der Waals surface area contributed by atoms with E-state index in [0.29, 0.717) is 24.1 Å². The number of hydrogen-bond acceptors (Lipinski definition) is 3. The largest absolute Gasteiger partial charge is 0.469 e. The normalized spacial score (nSPS) is 9.89. The molecule has 1 aromatic carbocycles. The Morgan fingerprint density at radius 2 is 2.21 bits per heavy atom. The van der Waals surface area contributed by atoms with Gasteiger partial charge in [-0.05, 0) is 30.3 Å². The second-order valence-electron chi connectivity index (χ2n) is 4.25. The number of benzene rings is 1. The van der Waals surface area contributed by atoms with E-state index in [1.807, 2.05) is 18.2 Å². The molecule has 4 heteroatoms. The van der Waals surface area contributed by atoms with Gasteiger partial charge in [-0.2, -0.15) is 5.26 Å². The number of carbonyl (C=O) groups excluding carboxylic acids is 1. The monoisotopic (exact) mass is 254 g/mol. The van der Waals surface area contributed by atoms with Crippen LogP contribution in [0.5, 0.6) is 0 Å². The molecule has 0 aliphatic heterocycles. The molecular formula is C15H14N2O2. The molecule has 0 saturated heterocycles. The number of carbonyl (C=O) groups is 1. The zero-order valence-electron chi connectivity index (χ0n) is 10.7. The maximum atomic E-state index is 12.2. The summed E-state index contributed by atoms with van der Waals surface area (Å²) in [5, 5.41) is 8.82. The van der Waals surface area contributed by atoms with E-state index >= 15 is 0 Å². The smallest absolute Gasteiger partial charge is 0.253 e. The minimum Gasteiger partial charge on any atom is -0.469 e. The lowest BCUT2D eigenvalue weighted by Crippen LogP contribution is -2.28. The van der Waals surface area contributed by atoms with Crippen molar-refractivity contribution in [3.8, 4) is 6.07 Å². The van der Waals surface area contributed by atoms with Gasteiger partial charge in [0.25, 0.3) is 5.91 Å². The fourth-order valence-corrected chi connectivity index (χ4v) is 1.78. The molecule has 2 rings (SSSR count). The highest BCUT2D eigenvalue weighted by molar-refractivity contribution is 5.94. The van der Waals surface area contributed by atoms with Crippen molar-refractivity contribution in [2.24, 2.45) is 0 Å². The van der Waals surface area contributed by atoms with Gasteiger partial charge in [0, 0.05) is 25.6 Å². The van der Waals surface area contributed by atoms with Gasteiger partial charge in [-0.1, -0.05) is 6.07 Å². The van der Waals surface area contributed by atoms with Crippen molar-refractivity contribution < 1.29 is 9.21 Å². The van der Waals surface area contributed by atoms with Crippen LogP contribution in [0.2, 0.25) is 0 Å². The first kappa shape index (κ1) is 12.9. The zero-order chi connectivity index (χ0) is 13.7. The summed E-state index contributed by atoms with van der Waals surface area (Å²) >= 11 is 0. The average molecular weight is 254 g/mol. The van der Waals surface area contributed by atoms with Crippen molar-refractivity contribution >= 4 is 5.91 Å². The lowest BCUT2D eigenvalue weighted by molar-refractivity contribution is 0.0795. The predicted octanol–water partition coefficient (Wildman–Crippen LogP) is 2.47. The summed E-state index contributed by atoms with van der Waals surface area (Å²) < 4.78 is 5.22. The summed E-state index contributed by atoms with van der Waals surface area (Å²) in [6.45, 7) is 0.573. The summed E-state index contributed by atoms with van der Waals surface area (Å²) in [7, 11) is 1.74. The fourth-order valence-electron chi connectivity index (χ4n) is 1.78. The average Bonchev–Trinajstić information content (AvgIpc) is 2.97. The van der Waals surface area contributed by atoms with Crippen molar-refractivity contribution in [2.75, 3.05) is 13.6 Å². The molecule has 1 amide bonds. The van der Waals surface area contributed by atoms with Crippen LogP contribution < -0.4 is 0 Å². The van der Waals surface area contributed by atoms with E-state index in [0.717, 1.165) is 5.76 Å². The number of likely N-dealkylation sites (N-methyl/N-ethyl adjacent to an activating group) is 1. The van der Waals surface area contributed by atoms with Gasteiger partial charge >= 0.3 is 0 Å². The van der Waals surface area contributed by atoms with E-state index in [9.17, 15) is 4.79 Å². The first-order valence-corrected chi connectivity index (χ1v) is 5.98. The number of hydrogen-bond donors (Lipinski definition) is 0. The maximum absolute atomic E-state index is 12.2. The van der Waals surface area contributed by atoms with Crippen LogP contribution in [-0.4, -0.2) is 24.4 Å². The van der Waals surface area contributed by atoms with Crippen molar-refractivity contribution in [3.63, 3.8) is 0 Å². The molecule has 0 spiro atoms. The van der Waals surface area contributed by atoms with Crippen molar-refractivity contribution in [2.45, 2.75) is 6.42 Å². The van der Waals surface area contributed by atoms with Crippen molar-refractivity contribution in [3.05, 3.63) is 59.5 Å². The van der Waals surface area contributed by atoms with Gasteiger partial charge < -0.3 is 9.32 Å². The molecule has 1 aromatic heterocycles. The van der Waals surface area contributed by atoms with Gasteiger partial charge in [-0.25, -0.2) is 0 Å². The van der Waals surface area contributed by atoms with E-state index in [-0.39, 0.29) is 5.91 Å². The molecular weight excluding hydrogens is 240 g/mol. The maximum Gasteiger partial charge on any atom is 0.253 e. The molecule has 0 saturated carbocycles. The third kappa shape index (κ3) is 3.23. The highest BCUT2D eigenvalue weighted by Gasteiger charge is 2.12. The SMILES string of the molecule is CN(CCc1ccco1)C(=O)c1cccc(C#N)c1. The summed E-state index contributed by atoms with van der Waals surface area (Å²) in [6, 6.07) is 12.5. The Balaban J connectivity index is 2.00. The van der Waals surface area contributed by atoms with Crippen LogP contribution in [0, 0.1) is 11.3 Å². The first-order chi connectivity index (χ1) is 9.20. The number of nitrogens with zero attached hydrogens (tertiary/aromatic N) is 2. The highest BCUT2D eigenvalue weighted by Crippen LogP contribution is 2.08. The van der Waals surface area contributed by atoms with E-state index in [2.05, 4.69) is 0 Å². The Hall–Kier alpha value is -2.54. The molecule has 0 bridgehead atoms. The molecule has 2 aromatic rings. The zero-order valence-corrected chi connectivity index (χ0v) is 10.7. The molecule has 0 aliphatic rings. The van der Waals surface area contributed by atoms with Gasteiger partial charge in [0.05, 0.1) is 17.9 Å². The fraction of sp³-hybridized carbons (Fsp3) is 0.200. The van der Waals surface area contributed by atoms with Gasteiger partial charge in [-0.15, -0.1) is 0 Å². The van der Waals surface area contributed by atoms with Gasteiger partial charge in [0.1, 0.15) is 5.76 Å². The number of rotatable bonds is 4. The standard InChI is InChI=1S/C15H14N2O2/c1-17(8-7-14-6-3-9-19-14)15(18)13-5-2-4-12(10-13)11-16/h2-6,9-10H,7-8H2,1H3. The Labute approximate surface area is 111 Å². The van der Waals surface area contributed by atoms with Crippen LogP contribution in [0.4, 0.5) is 0 Å². The van der Waals surface area contributed by atoms with Crippen LogP contribution in [0.25, 0.3) is 0 Å². The number of amides is 1. The van der Waals surface area contributed by atoms with Crippen molar-refractivity contribution in [1.82, 2.24) is 4.90 Å². The van der Waals surface area contributed by atoms with Crippen LogP contribution >= 0.6 is 0 Å². The van der Waals surface area contributed by atoms with Crippen LogP contribution in [0.1, 0.15) is 21.7 Å². The Morgan fingerprint density at radius 1 is 1.37 bits per heavy atom. The van der Waals surface area contributed by atoms with E-state index in [4.69, 9.17) is 9.68 Å². The van der Waals surface area contributed by atoms with Gasteiger partial charge in [0.2, 0.25) is 0 Å². The van der Waals surface area contributed by atoms with Crippen LogP contribution in [-0.2, 0) is 6.42 Å². The van der Waals surface area contributed by atoms with Gasteiger partial charge in [0.15, 0.2) is 0 Å². The molecule has 0 fully saturated rings. The Kier molecular flexibility index (Phi) is 3.99. The summed E-state index contributed by atoms with van der Waals surface area (Å²) in [4.78, 5) is 13.8. The third-order valence-corrected chi connectivity index (χ3v) is 2.86. The molecule has 96 valence electrons. The topological polar surface area (TPSA) is 57.2 Å². The number of furan rings is 1. The molecule has 0 N–H and O–H groups in total. The van der Waals surface area contributed by atoms with E-state index in [1.54, 1.807) is 42.5 Å². The molecule has 0 unspecified atom stereocenters. The van der Waals surface area contributed by atoms with Crippen LogP contribution in [0.3, 0.4) is 0 Å². The quantitative estimate of drug-likeness (QED) is 0.842. The molecule has 0 aliphatic carbocycles. The molecule has 19 heavy (non-hydrogen) atoms. The Morgan fingerprint density at radius 3 is 2.89 bits per heavy atom. The van der Waals surface area contributed by atoms with E-state index in [1.165, 1.54) is 0 Å². The van der Waals surface area contributed by atoms with Gasteiger partial charge in [-0.3, -0.25) is 4.79 Å². The lowest BCUT2D eigenvalue weighted by Gasteiger charge is -2.16. The minimum absolute atomic E-state index is 0.0938. The Bertz CT molecular complexity index is 597. The molecule has 1 heterocycles. The van der Waals surface area contributed by atoms with Crippen molar-refractivity contribution in [1.29, 1.82) is 5.26 Å². The van der Waals surface area contributed by atoms with E-state index < -0.39 is 0 Å². The molecule has 0 radical (unpaired) electrons. The highest BCUT2D eigenvalue weighted by atomic mass is 16.3. The lowest BCUT2D eigenvalue weighted by atomic mass is 10.1. The minimum atomic E-state index is -0.0938. The molecule has 4 nitrogen and oxygen atoms in total. The summed E-state index contributed by atoms with van der Waals surface area (Å²) in [6.07, 6.45) is 2.29. The third-order valence-electron chi connectivity index (χ3n) is 2.86. The second-order valence-corrected chi connectivity index (χ2v) is 4.25. The second kappa shape index (κ2) is 5.87.